The molecule has 98 valence electrons. The van der Waals surface area contributed by atoms with E-state index in [4.69, 9.17) is 0 Å². The van der Waals surface area contributed by atoms with E-state index in [2.05, 4.69) is 24.1 Å². The molecule has 2 heteroatoms. The number of nitrogens with zero attached hydrogens (tertiary/aromatic N) is 1. The largest absolute Gasteiger partial charge is 0.256 e. The molecule has 1 nitrogen and oxygen atoms in total. The molecule has 0 unspecified atom stereocenters. The van der Waals surface area contributed by atoms with Gasteiger partial charge in [-0.1, -0.05) is 19.1 Å². The van der Waals surface area contributed by atoms with Crippen LogP contribution in [0.5, 0.6) is 0 Å². The van der Waals surface area contributed by atoms with E-state index < -0.39 is 0 Å². The van der Waals surface area contributed by atoms with Gasteiger partial charge in [0, 0.05) is 11.8 Å². The van der Waals surface area contributed by atoms with Crippen molar-refractivity contribution in [3.8, 4) is 11.1 Å². The molecule has 0 N–H and O–H groups in total. The molecule has 0 amide bonds. The van der Waals surface area contributed by atoms with Gasteiger partial charge in [-0.2, -0.15) is 0 Å². The molecule has 2 rings (SSSR count). The van der Waals surface area contributed by atoms with E-state index in [0.717, 1.165) is 28.8 Å². The van der Waals surface area contributed by atoms with Gasteiger partial charge < -0.3 is 0 Å². The smallest absolute Gasteiger partial charge is 0.126 e. The van der Waals surface area contributed by atoms with Crippen molar-refractivity contribution >= 4 is 6.08 Å². The fourth-order valence-electron chi connectivity index (χ4n) is 1.97. The average molecular weight is 255 g/mol. The molecule has 0 aliphatic carbocycles. The minimum absolute atomic E-state index is 0.170. The molecule has 19 heavy (non-hydrogen) atoms. The molecule has 2 aromatic rings. The number of aromatic nitrogens is 1. The fraction of sp³-hybridized carbons (Fsp3) is 0.235. The van der Waals surface area contributed by atoms with Crippen LogP contribution in [0.3, 0.4) is 0 Å². The summed E-state index contributed by atoms with van der Waals surface area (Å²) in [6.45, 7) is 5.92. The minimum Gasteiger partial charge on any atom is -0.256 e. The molecule has 0 saturated carbocycles. The van der Waals surface area contributed by atoms with Crippen LogP contribution in [0.1, 0.15) is 30.2 Å². The zero-order valence-electron chi connectivity index (χ0n) is 11.6. The molecule has 0 atom stereocenters. The molecule has 1 aromatic carbocycles. The van der Waals surface area contributed by atoms with Crippen LogP contribution < -0.4 is 0 Å². The van der Waals surface area contributed by atoms with E-state index in [0.29, 0.717) is 5.56 Å². The van der Waals surface area contributed by atoms with Crippen LogP contribution in [-0.4, -0.2) is 4.98 Å². The van der Waals surface area contributed by atoms with E-state index in [9.17, 15) is 4.39 Å². The standard InChI is InChI=1S/C17H18FN/c1-4-5-6-17-13(3)10-15(11-19-17)14-7-8-16(18)12(2)9-14/h5-11H,4H2,1-3H3/b6-5-. The van der Waals surface area contributed by atoms with Gasteiger partial charge in [0.05, 0.1) is 5.69 Å². The van der Waals surface area contributed by atoms with Crippen molar-refractivity contribution in [2.75, 3.05) is 0 Å². The first-order valence-electron chi connectivity index (χ1n) is 6.51. The predicted molar refractivity (Wildman–Crippen MR) is 78.4 cm³/mol. The molecular weight excluding hydrogens is 237 g/mol. The number of halogens is 1. The molecule has 0 aliphatic heterocycles. The summed E-state index contributed by atoms with van der Waals surface area (Å²) >= 11 is 0. The third-order valence-corrected chi connectivity index (χ3v) is 3.12. The van der Waals surface area contributed by atoms with Crippen LogP contribution in [0.15, 0.2) is 36.5 Å². The molecule has 0 spiro atoms. The monoisotopic (exact) mass is 255 g/mol. The van der Waals surface area contributed by atoms with Gasteiger partial charge in [0.15, 0.2) is 0 Å². The molecule has 1 aromatic heterocycles. The van der Waals surface area contributed by atoms with Gasteiger partial charge >= 0.3 is 0 Å². The van der Waals surface area contributed by atoms with Gasteiger partial charge in [-0.15, -0.1) is 0 Å². The summed E-state index contributed by atoms with van der Waals surface area (Å²) in [6.07, 6.45) is 6.97. The summed E-state index contributed by atoms with van der Waals surface area (Å²) in [5.41, 5.74) is 4.80. The lowest BCUT2D eigenvalue weighted by atomic mass is 10.0. The zero-order valence-corrected chi connectivity index (χ0v) is 11.6. The number of hydrogen-bond donors (Lipinski definition) is 0. The minimum atomic E-state index is -0.170. The van der Waals surface area contributed by atoms with Crippen molar-refractivity contribution in [1.29, 1.82) is 0 Å². The second-order valence-electron chi connectivity index (χ2n) is 4.70. The SMILES string of the molecule is CC/C=C\c1ncc(-c2ccc(F)c(C)c2)cc1C. The lowest BCUT2D eigenvalue weighted by Crippen LogP contribution is -1.90. The summed E-state index contributed by atoms with van der Waals surface area (Å²) in [5, 5.41) is 0. The number of allylic oxidation sites excluding steroid dienone is 1. The molecule has 0 aliphatic rings. The first kappa shape index (κ1) is 13.5. The molecule has 0 saturated heterocycles. The van der Waals surface area contributed by atoms with Gasteiger partial charge in [-0.3, -0.25) is 4.98 Å². The highest BCUT2D eigenvalue weighted by atomic mass is 19.1. The third kappa shape index (κ3) is 3.08. The van der Waals surface area contributed by atoms with Crippen LogP contribution >= 0.6 is 0 Å². The second-order valence-corrected chi connectivity index (χ2v) is 4.70. The Hall–Kier alpha value is -1.96. The van der Waals surface area contributed by atoms with Crippen LogP contribution in [0.2, 0.25) is 0 Å². The fourth-order valence-corrected chi connectivity index (χ4v) is 1.97. The Morgan fingerprint density at radius 2 is 1.84 bits per heavy atom. The van der Waals surface area contributed by atoms with E-state index >= 15 is 0 Å². The Labute approximate surface area is 113 Å². The van der Waals surface area contributed by atoms with Gasteiger partial charge in [0.25, 0.3) is 0 Å². The highest BCUT2D eigenvalue weighted by Gasteiger charge is 2.04. The van der Waals surface area contributed by atoms with Crippen molar-refractivity contribution < 1.29 is 4.39 Å². The maximum atomic E-state index is 13.3. The normalized spacial score (nSPS) is 11.2. The third-order valence-electron chi connectivity index (χ3n) is 3.12. The van der Waals surface area contributed by atoms with E-state index in [1.807, 2.05) is 25.3 Å². The Morgan fingerprint density at radius 3 is 2.47 bits per heavy atom. The van der Waals surface area contributed by atoms with E-state index in [1.54, 1.807) is 13.0 Å². The topological polar surface area (TPSA) is 12.9 Å². The molecule has 0 fully saturated rings. The van der Waals surface area contributed by atoms with E-state index in [1.165, 1.54) is 6.07 Å². The summed E-state index contributed by atoms with van der Waals surface area (Å²) in [5.74, 6) is -0.170. The van der Waals surface area contributed by atoms with Crippen molar-refractivity contribution in [2.45, 2.75) is 27.2 Å². The predicted octanol–water partition coefficient (Wildman–Crippen LogP) is 4.93. The quantitative estimate of drug-likeness (QED) is 0.758. The lowest BCUT2D eigenvalue weighted by Gasteiger charge is -2.06. The first-order chi connectivity index (χ1) is 9.11. The van der Waals surface area contributed by atoms with Gasteiger partial charge in [0.1, 0.15) is 5.82 Å². The summed E-state index contributed by atoms with van der Waals surface area (Å²) in [4.78, 5) is 4.46. The zero-order chi connectivity index (χ0) is 13.8. The first-order valence-corrected chi connectivity index (χ1v) is 6.51. The van der Waals surface area contributed by atoms with Crippen LogP contribution in [0, 0.1) is 19.7 Å². The van der Waals surface area contributed by atoms with Gasteiger partial charge in [-0.25, -0.2) is 4.39 Å². The molecule has 0 bridgehead atoms. The Balaban J connectivity index is 2.38. The van der Waals surface area contributed by atoms with Crippen molar-refractivity contribution in [3.05, 3.63) is 59.2 Å². The van der Waals surface area contributed by atoms with Crippen LogP contribution in [0.4, 0.5) is 4.39 Å². The van der Waals surface area contributed by atoms with Crippen molar-refractivity contribution in [2.24, 2.45) is 0 Å². The Bertz CT molecular complexity index is 615. The Kier molecular flexibility index (Phi) is 4.10. The molecule has 0 radical (unpaired) electrons. The lowest BCUT2D eigenvalue weighted by molar-refractivity contribution is 0.619. The maximum absolute atomic E-state index is 13.3. The number of benzene rings is 1. The van der Waals surface area contributed by atoms with E-state index in [-0.39, 0.29) is 5.82 Å². The van der Waals surface area contributed by atoms with Gasteiger partial charge in [0.2, 0.25) is 0 Å². The number of pyridine rings is 1. The van der Waals surface area contributed by atoms with Crippen molar-refractivity contribution in [3.63, 3.8) is 0 Å². The summed E-state index contributed by atoms with van der Waals surface area (Å²) in [6, 6.07) is 7.24. The summed E-state index contributed by atoms with van der Waals surface area (Å²) < 4.78 is 13.3. The van der Waals surface area contributed by atoms with Crippen molar-refractivity contribution in [1.82, 2.24) is 4.98 Å². The maximum Gasteiger partial charge on any atom is 0.126 e. The highest BCUT2D eigenvalue weighted by molar-refractivity contribution is 5.66. The summed E-state index contributed by atoms with van der Waals surface area (Å²) in [7, 11) is 0. The van der Waals surface area contributed by atoms with Gasteiger partial charge in [-0.05, 0) is 61.2 Å². The Morgan fingerprint density at radius 1 is 1.11 bits per heavy atom. The molecule has 1 heterocycles. The number of hydrogen-bond acceptors (Lipinski definition) is 1. The van der Waals surface area contributed by atoms with Crippen LogP contribution in [0.25, 0.3) is 17.2 Å². The van der Waals surface area contributed by atoms with Crippen LogP contribution in [-0.2, 0) is 0 Å². The molecular formula is C17H18FN. The number of aryl methyl sites for hydroxylation is 2. The highest BCUT2D eigenvalue weighted by Crippen LogP contribution is 2.23. The number of rotatable bonds is 3. The second kappa shape index (κ2) is 5.79. The average Bonchev–Trinajstić information content (AvgIpc) is 2.40.